The summed E-state index contributed by atoms with van der Waals surface area (Å²) in [5.41, 5.74) is -0.171. The highest BCUT2D eigenvalue weighted by atomic mass is 32.2. The van der Waals surface area contributed by atoms with Crippen LogP contribution in [0.15, 0.2) is 17.2 Å². The standard InChI is InChI=1S/C18H28N8OS/c1-3-25-11-8-19-15(16(25)27)26-9-5-14(6-10-26)20-18(7-4-12-28-13-18)17-21-22-23-24(17)2/h8,11,14,20H,3-7,9-10,12-13H2,1-2H3. The Morgan fingerprint density at radius 2 is 2.18 bits per heavy atom. The molecule has 0 spiro atoms. The van der Waals surface area contributed by atoms with Gasteiger partial charge >= 0.3 is 0 Å². The third-order valence-corrected chi connectivity index (χ3v) is 7.07. The lowest BCUT2D eigenvalue weighted by Gasteiger charge is -2.42. The molecule has 10 heteroatoms. The van der Waals surface area contributed by atoms with Crippen molar-refractivity contribution in [3.8, 4) is 0 Å². The zero-order valence-corrected chi connectivity index (χ0v) is 17.4. The predicted octanol–water partition coefficient (Wildman–Crippen LogP) is 0.768. The van der Waals surface area contributed by atoms with Crippen LogP contribution in [0.5, 0.6) is 0 Å². The van der Waals surface area contributed by atoms with Gasteiger partial charge in [-0.1, -0.05) is 0 Å². The van der Waals surface area contributed by atoms with E-state index < -0.39 is 0 Å². The van der Waals surface area contributed by atoms with Crippen molar-refractivity contribution in [3.63, 3.8) is 0 Å². The molecule has 0 radical (unpaired) electrons. The van der Waals surface area contributed by atoms with Crippen molar-refractivity contribution in [2.75, 3.05) is 29.5 Å². The molecule has 2 saturated heterocycles. The molecule has 1 unspecified atom stereocenters. The topological polar surface area (TPSA) is 93.8 Å². The molecule has 2 fully saturated rings. The quantitative estimate of drug-likeness (QED) is 0.781. The Balaban J connectivity index is 1.46. The lowest BCUT2D eigenvalue weighted by molar-refractivity contribution is 0.247. The summed E-state index contributed by atoms with van der Waals surface area (Å²) in [6.07, 6.45) is 7.63. The average molecular weight is 405 g/mol. The van der Waals surface area contributed by atoms with Gasteiger partial charge in [-0.05, 0) is 48.8 Å². The Kier molecular flexibility index (Phi) is 5.68. The normalized spacial score (nSPS) is 23.9. The summed E-state index contributed by atoms with van der Waals surface area (Å²) < 4.78 is 3.51. The average Bonchev–Trinajstić information content (AvgIpc) is 3.16. The van der Waals surface area contributed by atoms with E-state index in [1.807, 2.05) is 25.7 Å². The molecule has 1 atom stereocenters. The first-order valence-corrected chi connectivity index (χ1v) is 11.2. The fraction of sp³-hybridized carbons (Fsp3) is 0.722. The van der Waals surface area contributed by atoms with E-state index in [9.17, 15) is 4.79 Å². The SMILES string of the molecule is CCn1ccnc(N2CCC(NC3(c4nnnn4C)CCCSC3)CC2)c1=O. The van der Waals surface area contributed by atoms with Gasteiger partial charge in [0.25, 0.3) is 5.56 Å². The molecule has 9 nitrogen and oxygen atoms in total. The first-order chi connectivity index (χ1) is 13.6. The molecule has 28 heavy (non-hydrogen) atoms. The molecule has 0 amide bonds. The number of aryl methyl sites for hydroxylation is 2. The van der Waals surface area contributed by atoms with Gasteiger partial charge in [-0.15, -0.1) is 5.10 Å². The van der Waals surface area contributed by atoms with E-state index in [-0.39, 0.29) is 11.1 Å². The summed E-state index contributed by atoms with van der Waals surface area (Å²) in [6.45, 7) is 4.30. The molecule has 0 saturated carbocycles. The Morgan fingerprint density at radius 3 is 2.82 bits per heavy atom. The van der Waals surface area contributed by atoms with Crippen LogP contribution in [0.2, 0.25) is 0 Å². The third-order valence-electron chi connectivity index (χ3n) is 5.80. The number of thioether (sulfide) groups is 1. The molecule has 0 aliphatic carbocycles. The Morgan fingerprint density at radius 1 is 1.36 bits per heavy atom. The maximum atomic E-state index is 12.6. The van der Waals surface area contributed by atoms with E-state index in [4.69, 9.17) is 0 Å². The maximum Gasteiger partial charge on any atom is 0.293 e. The van der Waals surface area contributed by atoms with Crippen molar-refractivity contribution >= 4 is 17.6 Å². The molecule has 4 heterocycles. The van der Waals surface area contributed by atoms with Crippen LogP contribution in [0.25, 0.3) is 0 Å². The number of piperidine rings is 1. The van der Waals surface area contributed by atoms with Crippen molar-refractivity contribution in [1.29, 1.82) is 0 Å². The van der Waals surface area contributed by atoms with Crippen LogP contribution < -0.4 is 15.8 Å². The van der Waals surface area contributed by atoms with Crippen LogP contribution >= 0.6 is 11.8 Å². The lowest BCUT2D eigenvalue weighted by Crippen LogP contribution is -2.55. The number of nitrogens with zero attached hydrogens (tertiary/aromatic N) is 7. The van der Waals surface area contributed by atoms with E-state index in [2.05, 4.69) is 30.7 Å². The van der Waals surface area contributed by atoms with Gasteiger partial charge in [0, 0.05) is 50.9 Å². The van der Waals surface area contributed by atoms with Crippen molar-refractivity contribution in [2.24, 2.45) is 7.05 Å². The molecular formula is C18H28N8OS. The zero-order chi connectivity index (χ0) is 19.6. The second-order valence-corrected chi connectivity index (χ2v) is 8.72. The maximum absolute atomic E-state index is 12.6. The van der Waals surface area contributed by atoms with Gasteiger partial charge in [0.15, 0.2) is 11.6 Å². The van der Waals surface area contributed by atoms with Crippen LogP contribution in [0.3, 0.4) is 0 Å². The van der Waals surface area contributed by atoms with Gasteiger partial charge < -0.3 is 14.8 Å². The number of hydrogen-bond acceptors (Lipinski definition) is 8. The monoisotopic (exact) mass is 404 g/mol. The van der Waals surface area contributed by atoms with E-state index in [0.717, 1.165) is 50.4 Å². The molecule has 2 aliphatic rings. The Bertz CT molecular complexity index is 851. The van der Waals surface area contributed by atoms with Crippen molar-refractivity contribution in [3.05, 3.63) is 28.6 Å². The predicted molar refractivity (Wildman–Crippen MR) is 110 cm³/mol. The van der Waals surface area contributed by atoms with E-state index in [1.165, 1.54) is 5.75 Å². The van der Waals surface area contributed by atoms with Gasteiger partial charge in [-0.2, -0.15) is 11.8 Å². The number of hydrogen-bond donors (Lipinski definition) is 1. The van der Waals surface area contributed by atoms with Gasteiger partial charge in [-0.3, -0.25) is 4.79 Å². The van der Waals surface area contributed by atoms with Crippen molar-refractivity contribution in [2.45, 2.75) is 50.7 Å². The minimum atomic E-state index is -0.173. The smallest absolute Gasteiger partial charge is 0.293 e. The van der Waals surface area contributed by atoms with Crippen molar-refractivity contribution < 1.29 is 0 Å². The number of aromatic nitrogens is 6. The van der Waals surface area contributed by atoms with Crippen LogP contribution in [0.1, 0.15) is 38.4 Å². The minimum absolute atomic E-state index is 0.00159. The largest absolute Gasteiger partial charge is 0.352 e. The first kappa shape index (κ1) is 19.4. The molecule has 1 N–H and O–H groups in total. The highest BCUT2D eigenvalue weighted by Gasteiger charge is 2.41. The summed E-state index contributed by atoms with van der Waals surface area (Å²) in [4.78, 5) is 19.0. The molecule has 4 rings (SSSR count). The summed E-state index contributed by atoms with van der Waals surface area (Å²) in [5, 5.41) is 16.2. The first-order valence-electron chi connectivity index (χ1n) is 10.0. The fourth-order valence-corrected chi connectivity index (χ4v) is 5.51. The fourth-order valence-electron chi connectivity index (χ4n) is 4.31. The summed E-state index contributed by atoms with van der Waals surface area (Å²) in [6, 6.07) is 0.378. The molecule has 2 aromatic rings. The third kappa shape index (κ3) is 3.67. The molecule has 0 bridgehead atoms. The second kappa shape index (κ2) is 8.20. The highest BCUT2D eigenvalue weighted by molar-refractivity contribution is 7.99. The summed E-state index contributed by atoms with van der Waals surface area (Å²) in [7, 11) is 1.92. The highest BCUT2D eigenvalue weighted by Crippen LogP contribution is 2.35. The van der Waals surface area contributed by atoms with Gasteiger partial charge in [-0.25, -0.2) is 9.67 Å². The molecule has 0 aromatic carbocycles. The minimum Gasteiger partial charge on any atom is -0.352 e. The van der Waals surface area contributed by atoms with E-state index in [0.29, 0.717) is 18.4 Å². The number of anilines is 1. The van der Waals surface area contributed by atoms with Crippen molar-refractivity contribution in [1.82, 2.24) is 35.1 Å². The number of tetrazole rings is 1. The zero-order valence-electron chi connectivity index (χ0n) is 16.5. The molecule has 2 aliphatic heterocycles. The Hall–Kier alpha value is -1.94. The van der Waals surface area contributed by atoms with E-state index in [1.54, 1.807) is 21.6 Å². The number of nitrogens with one attached hydrogen (secondary N) is 1. The van der Waals surface area contributed by atoms with Crippen LogP contribution in [0, 0.1) is 0 Å². The molecule has 152 valence electrons. The van der Waals surface area contributed by atoms with Gasteiger partial charge in [0.1, 0.15) is 0 Å². The summed E-state index contributed by atoms with van der Waals surface area (Å²) in [5.74, 6) is 3.68. The van der Waals surface area contributed by atoms with Crippen LogP contribution in [-0.2, 0) is 19.1 Å². The van der Waals surface area contributed by atoms with E-state index >= 15 is 0 Å². The lowest BCUT2D eigenvalue weighted by atomic mass is 9.91. The van der Waals surface area contributed by atoms with Gasteiger partial charge in [0.2, 0.25) is 0 Å². The van der Waals surface area contributed by atoms with Gasteiger partial charge in [0.05, 0.1) is 5.54 Å². The molecular weight excluding hydrogens is 376 g/mol. The summed E-state index contributed by atoms with van der Waals surface area (Å²) >= 11 is 1.96. The Labute approximate surface area is 168 Å². The molecule has 2 aromatic heterocycles. The van der Waals surface area contributed by atoms with Crippen LogP contribution in [-0.4, -0.2) is 60.4 Å². The number of rotatable bonds is 5. The van der Waals surface area contributed by atoms with Crippen LogP contribution in [0.4, 0.5) is 5.82 Å². The second-order valence-electron chi connectivity index (χ2n) is 7.61.